The van der Waals surface area contributed by atoms with Crippen molar-refractivity contribution < 1.29 is 10.2 Å². The number of aromatic nitrogens is 1. The molecule has 0 aliphatic carbocycles. The summed E-state index contributed by atoms with van der Waals surface area (Å²) in [5.41, 5.74) is 2.23. The number of nitrogens with two attached hydrogens (primary N) is 1. The Kier molecular flexibility index (Phi) is 3.98. The van der Waals surface area contributed by atoms with Gasteiger partial charge in [-0.15, -0.1) is 0 Å². The third-order valence-corrected chi connectivity index (χ3v) is 2.60. The lowest BCUT2D eigenvalue weighted by molar-refractivity contribution is -0.686. The minimum atomic E-state index is -0.370. The summed E-state index contributed by atoms with van der Waals surface area (Å²) in [5.74, 6) is 0. The van der Waals surface area contributed by atoms with Gasteiger partial charge >= 0.3 is 0 Å². The molecule has 18 heavy (non-hydrogen) atoms. The van der Waals surface area contributed by atoms with Crippen molar-refractivity contribution in [2.24, 2.45) is 0 Å². The van der Waals surface area contributed by atoms with Crippen molar-refractivity contribution >= 4 is 5.69 Å². The van der Waals surface area contributed by atoms with Gasteiger partial charge in [0.2, 0.25) is 0 Å². The Labute approximate surface area is 105 Å². The molecule has 0 aliphatic heterocycles. The lowest BCUT2D eigenvalue weighted by atomic mass is 10.2. The summed E-state index contributed by atoms with van der Waals surface area (Å²) in [6.07, 6.45) is 3.56. The van der Waals surface area contributed by atoms with Gasteiger partial charge in [-0.05, 0) is 6.07 Å². The molecular weight excluding hydrogens is 230 g/mol. The summed E-state index contributed by atoms with van der Waals surface area (Å²) < 4.78 is 0. The van der Waals surface area contributed by atoms with Crippen molar-refractivity contribution in [3.8, 4) is 0 Å². The van der Waals surface area contributed by atoms with Gasteiger partial charge in [0.15, 0.2) is 0 Å². The van der Waals surface area contributed by atoms with Crippen LogP contribution in [-0.4, -0.2) is 9.91 Å². The minimum Gasteiger partial charge on any atom is -0.339 e. The van der Waals surface area contributed by atoms with Crippen LogP contribution < -0.4 is 5.32 Å². The second-order valence-corrected chi connectivity index (χ2v) is 3.99. The van der Waals surface area contributed by atoms with Crippen LogP contribution >= 0.6 is 0 Å². The third kappa shape index (κ3) is 3.36. The summed E-state index contributed by atoms with van der Waals surface area (Å²) in [6.45, 7) is 1.53. The fourth-order valence-corrected chi connectivity index (χ4v) is 1.72. The number of rotatable bonds is 5. The molecule has 92 valence electrons. The van der Waals surface area contributed by atoms with Crippen molar-refractivity contribution in [3.05, 3.63) is 70.0 Å². The fourth-order valence-electron chi connectivity index (χ4n) is 1.72. The van der Waals surface area contributed by atoms with Gasteiger partial charge in [-0.25, -0.2) is 0 Å². The van der Waals surface area contributed by atoms with Gasteiger partial charge in [0, 0.05) is 35.7 Å². The molecule has 2 aromatic rings. The van der Waals surface area contributed by atoms with Crippen LogP contribution in [0.2, 0.25) is 0 Å². The molecule has 0 saturated carbocycles. The molecule has 0 unspecified atom stereocenters. The standard InChI is InChI=1S/C13H13N3O2/c17-16(18)13-5-1-3-11(7-13)8-15-10-12-4-2-6-14-9-12/h1-7,9,15H,8,10H2/p+1. The third-order valence-electron chi connectivity index (χ3n) is 2.60. The van der Waals surface area contributed by atoms with E-state index in [1.807, 2.05) is 24.4 Å². The number of hydrogen-bond donors (Lipinski definition) is 1. The zero-order chi connectivity index (χ0) is 12.8. The topological polar surface area (TPSA) is 72.6 Å². The smallest absolute Gasteiger partial charge is 0.269 e. The Hall–Kier alpha value is -2.27. The average Bonchev–Trinajstić information content (AvgIpc) is 2.40. The number of nitro groups is 1. The molecule has 0 atom stereocenters. The molecule has 0 radical (unpaired) electrons. The molecule has 1 heterocycles. The highest BCUT2D eigenvalue weighted by Gasteiger charge is 2.06. The van der Waals surface area contributed by atoms with Crippen LogP contribution in [0, 0.1) is 10.1 Å². The summed E-state index contributed by atoms with van der Waals surface area (Å²) in [5, 5.41) is 12.7. The Morgan fingerprint density at radius 3 is 2.67 bits per heavy atom. The van der Waals surface area contributed by atoms with Crippen molar-refractivity contribution in [1.82, 2.24) is 4.98 Å². The quantitative estimate of drug-likeness (QED) is 0.635. The molecule has 2 rings (SSSR count). The molecule has 0 fully saturated rings. The molecule has 0 aliphatic rings. The average molecular weight is 244 g/mol. The van der Waals surface area contributed by atoms with E-state index in [1.54, 1.807) is 18.3 Å². The highest BCUT2D eigenvalue weighted by molar-refractivity contribution is 5.33. The zero-order valence-corrected chi connectivity index (χ0v) is 9.82. The van der Waals surface area contributed by atoms with E-state index >= 15 is 0 Å². The van der Waals surface area contributed by atoms with Crippen LogP contribution in [0.4, 0.5) is 5.69 Å². The van der Waals surface area contributed by atoms with Crippen LogP contribution in [0.5, 0.6) is 0 Å². The van der Waals surface area contributed by atoms with E-state index in [1.165, 1.54) is 6.07 Å². The van der Waals surface area contributed by atoms with Gasteiger partial charge in [0.05, 0.1) is 4.92 Å². The number of nitrogens with zero attached hydrogens (tertiary/aromatic N) is 2. The number of quaternary nitrogens is 1. The lowest BCUT2D eigenvalue weighted by Crippen LogP contribution is -2.80. The summed E-state index contributed by atoms with van der Waals surface area (Å²) in [7, 11) is 0. The summed E-state index contributed by atoms with van der Waals surface area (Å²) in [4.78, 5) is 14.3. The summed E-state index contributed by atoms with van der Waals surface area (Å²) in [6, 6.07) is 10.6. The van der Waals surface area contributed by atoms with E-state index in [0.29, 0.717) is 0 Å². The molecular formula is C13H14N3O2+. The molecule has 0 spiro atoms. The van der Waals surface area contributed by atoms with E-state index in [9.17, 15) is 10.1 Å². The fraction of sp³-hybridized carbons (Fsp3) is 0.154. The predicted molar refractivity (Wildman–Crippen MR) is 66.7 cm³/mol. The first-order valence-electron chi connectivity index (χ1n) is 5.69. The van der Waals surface area contributed by atoms with Gasteiger partial charge in [-0.3, -0.25) is 15.1 Å². The second-order valence-electron chi connectivity index (χ2n) is 3.99. The number of pyridine rings is 1. The van der Waals surface area contributed by atoms with Crippen molar-refractivity contribution in [1.29, 1.82) is 0 Å². The van der Waals surface area contributed by atoms with Crippen LogP contribution in [-0.2, 0) is 13.1 Å². The Balaban J connectivity index is 1.90. The van der Waals surface area contributed by atoms with E-state index in [2.05, 4.69) is 10.3 Å². The Bertz CT molecular complexity index is 529. The van der Waals surface area contributed by atoms with Gasteiger partial charge in [0.25, 0.3) is 5.69 Å². The monoisotopic (exact) mass is 244 g/mol. The molecule has 0 saturated heterocycles. The Morgan fingerprint density at radius 1 is 1.17 bits per heavy atom. The van der Waals surface area contributed by atoms with Crippen LogP contribution in [0.25, 0.3) is 0 Å². The maximum absolute atomic E-state index is 10.6. The molecule has 1 aromatic heterocycles. The highest BCUT2D eigenvalue weighted by Crippen LogP contribution is 2.11. The van der Waals surface area contributed by atoms with Crippen molar-refractivity contribution in [2.45, 2.75) is 13.1 Å². The van der Waals surface area contributed by atoms with Crippen LogP contribution in [0.1, 0.15) is 11.1 Å². The second kappa shape index (κ2) is 5.88. The molecule has 1 aromatic carbocycles. The maximum Gasteiger partial charge on any atom is 0.269 e. The summed E-state index contributed by atoms with van der Waals surface area (Å²) >= 11 is 0. The molecule has 2 N–H and O–H groups in total. The van der Waals surface area contributed by atoms with E-state index in [-0.39, 0.29) is 10.6 Å². The van der Waals surface area contributed by atoms with Gasteiger partial charge in [-0.1, -0.05) is 18.2 Å². The predicted octanol–water partition coefficient (Wildman–Crippen LogP) is 1.25. The zero-order valence-electron chi connectivity index (χ0n) is 9.82. The largest absolute Gasteiger partial charge is 0.339 e. The van der Waals surface area contributed by atoms with E-state index < -0.39 is 0 Å². The minimum absolute atomic E-state index is 0.141. The van der Waals surface area contributed by atoms with Crippen molar-refractivity contribution in [2.75, 3.05) is 0 Å². The van der Waals surface area contributed by atoms with Gasteiger partial charge < -0.3 is 5.32 Å². The first kappa shape index (κ1) is 12.2. The number of nitro benzene ring substituents is 1. The number of non-ortho nitro benzene ring substituents is 1. The first-order chi connectivity index (χ1) is 8.75. The number of hydrogen-bond acceptors (Lipinski definition) is 3. The molecule has 0 bridgehead atoms. The lowest BCUT2D eigenvalue weighted by Gasteiger charge is -2.02. The normalized spacial score (nSPS) is 10.2. The van der Waals surface area contributed by atoms with Crippen LogP contribution in [0.3, 0.4) is 0 Å². The van der Waals surface area contributed by atoms with Gasteiger partial charge in [-0.2, -0.15) is 0 Å². The van der Waals surface area contributed by atoms with Crippen molar-refractivity contribution in [3.63, 3.8) is 0 Å². The number of benzene rings is 1. The van der Waals surface area contributed by atoms with Gasteiger partial charge in [0.1, 0.15) is 13.1 Å². The molecule has 5 nitrogen and oxygen atoms in total. The van der Waals surface area contributed by atoms with E-state index in [4.69, 9.17) is 0 Å². The van der Waals surface area contributed by atoms with E-state index in [0.717, 1.165) is 24.2 Å². The molecule has 5 heteroatoms. The highest BCUT2D eigenvalue weighted by atomic mass is 16.6. The maximum atomic E-state index is 10.6. The Morgan fingerprint density at radius 2 is 1.94 bits per heavy atom. The SMILES string of the molecule is O=[N+]([O-])c1cccc(C[NH2+]Cc2cccnc2)c1. The van der Waals surface area contributed by atoms with Crippen LogP contribution in [0.15, 0.2) is 48.8 Å². The first-order valence-corrected chi connectivity index (χ1v) is 5.69. The molecule has 0 amide bonds.